The van der Waals surface area contributed by atoms with Gasteiger partial charge in [0, 0.05) is 18.0 Å². The van der Waals surface area contributed by atoms with E-state index in [9.17, 15) is 12.8 Å². The summed E-state index contributed by atoms with van der Waals surface area (Å²) in [5.74, 6) is -0.249. The van der Waals surface area contributed by atoms with E-state index in [0.717, 1.165) is 0 Å². The fraction of sp³-hybridized carbons (Fsp3) is 0.400. The Kier molecular flexibility index (Phi) is 3.68. The van der Waals surface area contributed by atoms with E-state index in [4.69, 9.17) is 0 Å². The average molecular weight is 231 g/mol. The third kappa shape index (κ3) is 4.78. The number of halogens is 1. The van der Waals surface area contributed by atoms with E-state index in [0.29, 0.717) is 5.69 Å². The minimum Gasteiger partial charge on any atom is -0.382 e. The largest absolute Gasteiger partial charge is 0.382 e. The molecule has 15 heavy (non-hydrogen) atoms. The normalized spacial score (nSPS) is 13.5. The van der Waals surface area contributed by atoms with Crippen molar-refractivity contribution in [3.63, 3.8) is 0 Å². The van der Waals surface area contributed by atoms with E-state index >= 15 is 0 Å². The Hall–Kier alpha value is -1.10. The van der Waals surface area contributed by atoms with Gasteiger partial charge >= 0.3 is 0 Å². The molecule has 1 aromatic carbocycles. The van der Waals surface area contributed by atoms with Gasteiger partial charge in [-0.05, 0) is 31.2 Å². The van der Waals surface area contributed by atoms with Gasteiger partial charge in [0.15, 0.2) is 0 Å². The quantitative estimate of drug-likeness (QED) is 0.857. The van der Waals surface area contributed by atoms with Crippen LogP contribution in [0.2, 0.25) is 0 Å². The van der Waals surface area contributed by atoms with Gasteiger partial charge in [0.1, 0.15) is 15.7 Å². The minimum atomic E-state index is -2.99. The lowest BCUT2D eigenvalue weighted by molar-refractivity contribution is 0.598. The van der Waals surface area contributed by atoms with Crippen molar-refractivity contribution in [1.82, 2.24) is 0 Å². The van der Waals surface area contributed by atoms with Crippen LogP contribution in [0.5, 0.6) is 0 Å². The highest BCUT2D eigenvalue weighted by atomic mass is 32.2. The zero-order valence-corrected chi connectivity index (χ0v) is 9.51. The van der Waals surface area contributed by atoms with Gasteiger partial charge in [0.2, 0.25) is 0 Å². The molecule has 1 rings (SSSR count). The van der Waals surface area contributed by atoms with E-state index in [1.807, 2.05) is 0 Å². The maximum absolute atomic E-state index is 12.6. The highest BCUT2D eigenvalue weighted by Gasteiger charge is 2.09. The van der Waals surface area contributed by atoms with E-state index < -0.39 is 9.84 Å². The van der Waals surface area contributed by atoms with E-state index in [1.165, 1.54) is 18.4 Å². The van der Waals surface area contributed by atoms with Crippen LogP contribution in [0.4, 0.5) is 10.1 Å². The molecule has 0 radical (unpaired) electrons. The first-order chi connectivity index (χ1) is 6.87. The van der Waals surface area contributed by atoms with Crippen LogP contribution in [-0.2, 0) is 9.84 Å². The van der Waals surface area contributed by atoms with Gasteiger partial charge in [0.05, 0.1) is 5.75 Å². The minimum absolute atomic E-state index is 0.0599. The van der Waals surface area contributed by atoms with E-state index in [2.05, 4.69) is 5.32 Å². The molecule has 3 nitrogen and oxygen atoms in total. The number of benzene rings is 1. The second-order valence-corrected chi connectivity index (χ2v) is 5.83. The summed E-state index contributed by atoms with van der Waals surface area (Å²) in [5, 5.41) is 2.98. The smallest absolute Gasteiger partial charge is 0.149 e. The molecule has 0 saturated carbocycles. The summed E-state index contributed by atoms with van der Waals surface area (Å²) in [6.45, 7) is 1.77. The van der Waals surface area contributed by atoms with Crippen molar-refractivity contribution in [3.05, 3.63) is 30.1 Å². The van der Waals surface area contributed by atoms with Gasteiger partial charge in [-0.3, -0.25) is 0 Å². The van der Waals surface area contributed by atoms with Crippen LogP contribution in [0, 0.1) is 5.82 Å². The third-order valence-corrected chi connectivity index (χ3v) is 2.92. The maximum atomic E-state index is 12.6. The van der Waals surface area contributed by atoms with Crippen molar-refractivity contribution in [1.29, 1.82) is 0 Å². The molecule has 84 valence electrons. The first-order valence-corrected chi connectivity index (χ1v) is 6.63. The van der Waals surface area contributed by atoms with Crippen LogP contribution in [0.1, 0.15) is 6.92 Å². The molecule has 1 unspecified atom stereocenters. The molecule has 5 heteroatoms. The van der Waals surface area contributed by atoms with Crippen LogP contribution < -0.4 is 5.32 Å². The number of nitrogens with one attached hydrogen (secondary N) is 1. The summed E-state index contributed by atoms with van der Waals surface area (Å²) in [7, 11) is -2.99. The molecule has 0 aliphatic heterocycles. The molecule has 0 aromatic heterocycles. The Morgan fingerprint density at radius 1 is 1.33 bits per heavy atom. The molecule has 0 aliphatic carbocycles. The van der Waals surface area contributed by atoms with Gasteiger partial charge < -0.3 is 5.32 Å². The number of rotatable bonds is 4. The lowest BCUT2D eigenvalue weighted by atomic mass is 10.3. The van der Waals surface area contributed by atoms with Gasteiger partial charge in [0.25, 0.3) is 0 Å². The first-order valence-electron chi connectivity index (χ1n) is 4.56. The van der Waals surface area contributed by atoms with Crippen LogP contribution in [0.3, 0.4) is 0 Å². The molecular formula is C10H14FNO2S. The van der Waals surface area contributed by atoms with Crippen molar-refractivity contribution in [3.8, 4) is 0 Å². The first kappa shape index (κ1) is 12.0. The summed E-state index contributed by atoms with van der Waals surface area (Å²) in [4.78, 5) is 0. The summed E-state index contributed by atoms with van der Waals surface area (Å²) in [6, 6.07) is 5.62. The molecule has 0 amide bonds. The Morgan fingerprint density at radius 2 is 1.87 bits per heavy atom. The number of anilines is 1. The molecule has 0 spiro atoms. The molecule has 1 aromatic rings. The van der Waals surface area contributed by atoms with Crippen LogP contribution in [0.15, 0.2) is 24.3 Å². The second kappa shape index (κ2) is 4.61. The molecule has 0 heterocycles. The molecule has 1 atom stereocenters. The lowest BCUT2D eigenvalue weighted by Gasteiger charge is -2.13. The Balaban J connectivity index is 2.59. The predicted molar refractivity (Wildman–Crippen MR) is 59.2 cm³/mol. The Morgan fingerprint density at radius 3 is 2.33 bits per heavy atom. The molecule has 1 N–H and O–H groups in total. The van der Waals surface area contributed by atoms with Gasteiger partial charge in [-0.25, -0.2) is 12.8 Å². The van der Waals surface area contributed by atoms with Crippen molar-refractivity contribution < 1.29 is 12.8 Å². The SMILES string of the molecule is CC(CS(C)(=O)=O)Nc1ccc(F)cc1. The average Bonchev–Trinajstić information content (AvgIpc) is 2.05. The van der Waals surface area contributed by atoms with Gasteiger partial charge in [-0.1, -0.05) is 0 Å². The predicted octanol–water partition coefficient (Wildman–Crippen LogP) is 1.67. The zero-order chi connectivity index (χ0) is 11.5. The standard InChI is InChI=1S/C10H14FNO2S/c1-8(7-15(2,13)14)12-10-5-3-9(11)4-6-10/h3-6,8,12H,7H2,1-2H3. The maximum Gasteiger partial charge on any atom is 0.149 e. The lowest BCUT2D eigenvalue weighted by Crippen LogP contribution is -2.24. The highest BCUT2D eigenvalue weighted by Crippen LogP contribution is 2.10. The summed E-state index contributed by atoms with van der Waals surface area (Å²) in [6.07, 6.45) is 1.19. The molecule has 0 saturated heterocycles. The van der Waals surface area contributed by atoms with Crippen molar-refractivity contribution in [2.24, 2.45) is 0 Å². The van der Waals surface area contributed by atoms with Gasteiger partial charge in [-0.15, -0.1) is 0 Å². The molecule has 0 bridgehead atoms. The Bertz CT molecular complexity index is 414. The van der Waals surface area contributed by atoms with Crippen LogP contribution in [0.25, 0.3) is 0 Å². The van der Waals surface area contributed by atoms with Crippen molar-refractivity contribution in [2.75, 3.05) is 17.3 Å². The van der Waals surface area contributed by atoms with Crippen molar-refractivity contribution >= 4 is 15.5 Å². The fourth-order valence-electron chi connectivity index (χ4n) is 1.33. The molecule has 0 fully saturated rings. The number of hydrogen-bond donors (Lipinski definition) is 1. The van der Waals surface area contributed by atoms with Crippen LogP contribution >= 0.6 is 0 Å². The topological polar surface area (TPSA) is 46.2 Å². The summed E-state index contributed by atoms with van der Waals surface area (Å²) in [5.41, 5.74) is 0.715. The number of sulfone groups is 1. The molecular weight excluding hydrogens is 217 g/mol. The highest BCUT2D eigenvalue weighted by molar-refractivity contribution is 7.90. The second-order valence-electron chi connectivity index (χ2n) is 3.64. The zero-order valence-electron chi connectivity index (χ0n) is 8.70. The third-order valence-electron chi connectivity index (χ3n) is 1.81. The Labute approximate surface area is 89.2 Å². The summed E-state index contributed by atoms with van der Waals surface area (Å²) < 4.78 is 34.5. The molecule has 0 aliphatic rings. The summed E-state index contributed by atoms with van der Waals surface area (Å²) >= 11 is 0. The van der Waals surface area contributed by atoms with Crippen LogP contribution in [-0.4, -0.2) is 26.5 Å². The monoisotopic (exact) mass is 231 g/mol. The number of hydrogen-bond acceptors (Lipinski definition) is 3. The van der Waals surface area contributed by atoms with E-state index in [-0.39, 0.29) is 17.6 Å². The van der Waals surface area contributed by atoms with Gasteiger partial charge in [-0.2, -0.15) is 0 Å². The van der Waals surface area contributed by atoms with E-state index in [1.54, 1.807) is 19.1 Å². The fourth-order valence-corrected chi connectivity index (χ4v) is 2.32. The van der Waals surface area contributed by atoms with Crippen molar-refractivity contribution in [2.45, 2.75) is 13.0 Å².